The molecule has 0 spiro atoms. The molecule has 0 unspecified atom stereocenters. The van der Waals surface area contributed by atoms with Gasteiger partial charge < -0.3 is 5.32 Å². The molecule has 0 amide bonds. The summed E-state index contributed by atoms with van der Waals surface area (Å²) in [6, 6.07) is 3.63. The van der Waals surface area contributed by atoms with Crippen molar-refractivity contribution in [1.82, 2.24) is 5.32 Å². The Kier molecular flexibility index (Phi) is 4.41. The zero-order valence-electron chi connectivity index (χ0n) is 10.5. The van der Waals surface area contributed by atoms with Gasteiger partial charge in [0.2, 0.25) is 0 Å². The molecule has 1 N–H and O–H groups in total. The molecule has 1 aromatic rings. The van der Waals surface area contributed by atoms with Crippen LogP contribution in [0.15, 0.2) is 18.2 Å². The summed E-state index contributed by atoms with van der Waals surface area (Å²) < 4.78 is 0. The SMILES string of the molecule is [C-]#[N+]c1cc(C)c(C=CC2CCNCC2)c(Cl)c1. The summed E-state index contributed by atoms with van der Waals surface area (Å²) in [5.41, 5.74) is 2.72. The van der Waals surface area contributed by atoms with Gasteiger partial charge >= 0.3 is 0 Å². The Morgan fingerprint density at radius 3 is 2.72 bits per heavy atom. The quantitative estimate of drug-likeness (QED) is 0.788. The van der Waals surface area contributed by atoms with E-state index in [1.54, 1.807) is 6.07 Å². The van der Waals surface area contributed by atoms with Crippen molar-refractivity contribution in [2.24, 2.45) is 5.92 Å². The smallest absolute Gasteiger partial charge is 0.189 e. The number of halogens is 1. The number of piperidine rings is 1. The number of rotatable bonds is 2. The topological polar surface area (TPSA) is 16.4 Å². The van der Waals surface area contributed by atoms with E-state index in [2.05, 4.69) is 22.3 Å². The number of benzene rings is 1. The molecule has 18 heavy (non-hydrogen) atoms. The van der Waals surface area contributed by atoms with E-state index in [4.69, 9.17) is 18.2 Å². The molecule has 0 saturated carbocycles. The molecule has 2 rings (SSSR count). The Bertz CT molecular complexity index is 471. The maximum atomic E-state index is 7.01. The molecule has 0 radical (unpaired) electrons. The Morgan fingerprint density at radius 1 is 1.39 bits per heavy atom. The molecule has 1 saturated heterocycles. The van der Waals surface area contributed by atoms with E-state index in [9.17, 15) is 0 Å². The highest BCUT2D eigenvalue weighted by Gasteiger charge is 2.10. The summed E-state index contributed by atoms with van der Waals surface area (Å²) in [5, 5.41) is 4.03. The highest BCUT2D eigenvalue weighted by molar-refractivity contribution is 6.32. The van der Waals surface area contributed by atoms with Crippen molar-refractivity contribution < 1.29 is 0 Å². The number of nitrogens with zero attached hydrogens (tertiary/aromatic N) is 1. The van der Waals surface area contributed by atoms with Crippen LogP contribution >= 0.6 is 11.6 Å². The van der Waals surface area contributed by atoms with E-state index in [0.29, 0.717) is 16.6 Å². The van der Waals surface area contributed by atoms with Crippen LogP contribution in [-0.2, 0) is 0 Å². The van der Waals surface area contributed by atoms with E-state index >= 15 is 0 Å². The Labute approximate surface area is 113 Å². The Morgan fingerprint density at radius 2 is 2.11 bits per heavy atom. The fourth-order valence-corrected chi connectivity index (χ4v) is 2.61. The third-order valence-corrected chi connectivity index (χ3v) is 3.68. The van der Waals surface area contributed by atoms with Gasteiger partial charge in [-0.25, -0.2) is 4.85 Å². The number of aryl methyl sites for hydroxylation is 1. The summed E-state index contributed by atoms with van der Waals surface area (Å²) in [6.45, 7) is 11.2. The van der Waals surface area contributed by atoms with Crippen molar-refractivity contribution in [2.75, 3.05) is 13.1 Å². The molecule has 1 heterocycles. The highest BCUT2D eigenvalue weighted by Crippen LogP contribution is 2.28. The van der Waals surface area contributed by atoms with Crippen LogP contribution in [0, 0.1) is 19.4 Å². The second kappa shape index (κ2) is 6.04. The summed E-state index contributed by atoms with van der Waals surface area (Å²) >= 11 is 6.22. The van der Waals surface area contributed by atoms with Crippen molar-refractivity contribution in [3.05, 3.63) is 45.8 Å². The summed E-state index contributed by atoms with van der Waals surface area (Å²) in [5.74, 6) is 0.641. The van der Waals surface area contributed by atoms with Gasteiger partial charge in [-0.1, -0.05) is 35.4 Å². The van der Waals surface area contributed by atoms with Gasteiger partial charge in [0.05, 0.1) is 6.57 Å². The van der Waals surface area contributed by atoms with E-state index in [1.807, 2.05) is 13.0 Å². The molecular formula is C15H17ClN2. The van der Waals surface area contributed by atoms with Gasteiger partial charge in [0.25, 0.3) is 0 Å². The van der Waals surface area contributed by atoms with Gasteiger partial charge in [-0.15, -0.1) is 0 Å². The molecule has 3 heteroatoms. The molecule has 1 aliphatic rings. The largest absolute Gasteiger partial charge is 0.317 e. The molecule has 0 aliphatic carbocycles. The van der Waals surface area contributed by atoms with Crippen molar-refractivity contribution in [3.63, 3.8) is 0 Å². The minimum absolute atomic E-state index is 0.608. The van der Waals surface area contributed by atoms with Crippen molar-refractivity contribution >= 4 is 23.4 Å². The van der Waals surface area contributed by atoms with Crippen LogP contribution in [-0.4, -0.2) is 13.1 Å². The summed E-state index contributed by atoms with van der Waals surface area (Å²) in [7, 11) is 0. The monoisotopic (exact) mass is 260 g/mol. The van der Waals surface area contributed by atoms with E-state index in [1.165, 1.54) is 12.8 Å². The second-order valence-corrected chi connectivity index (χ2v) is 5.12. The molecule has 2 nitrogen and oxygen atoms in total. The van der Waals surface area contributed by atoms with E-state index in [-0.39, 0.29) is 0 Å². The maximum Gasteiger partial charge on any atom is 0.189 e. The summed E-state index contributed by atoms with van der Waals surface area (Å²) in [4.78, 5) is 3.42. The number of hydrogen-bond donors (Lipinski definition) is 1. The normalized spacial score (nSPS) is 16.9. The standard InChI is InChI=1S/C15H17ClN2/c1-11-9-13(17-2)10-15(16)14(11)4-3-12-5-7-18-8-6-12/h3-4,9-10,12,18H,5-8H2,1H3. The number of allylic oxidation sites excluding steroid dienone is 1. The van der Waals surface area contributed by atoms with Crippen molar-refractivity contribution in [1.29, 1.82) is 0 Å². The van der Waals surface area contributed by atoms with Gasteiger partial charge in [-0.05, 0) is 50.4 Å². The third kappa shape index (κ3) is 3.13. The second-order valence-electron chi connectivity index (χ2n) is 4.72. The lowest BCUT2D eigenvalue weighted by molar-refractivity contribution is 0.438. The molecule has 1 aliphatic heterocycles. The van der Waals surface area contributed by atoms with E-state index < -0.39 is 0 Å². The first-order chi connectivity index (χ1) is 8.70. The lowest BCUT2D eigenvalue weighted by Gasteiger charge is -2.19. The molecule has 0 atom stereocenters. The van der Waals surface area contributed by atoms with Crippen LogP contribution < -0.4 is 5.32 Å². The van der Waals surface area contributed by atoms with Gasteiger partial charge in [0.1, 0.15) is 0 Å². The van der Waals surface area contributed by atoms with Gasteiger partial charge in [0, 0.05) is 5.02 Å². The Balaban J connectivity index is 2.18. The lowest BCUT2D eigenvalue weighted by atomic mass is 9.96. The molecule has 1 aromatic carbocycles. The van der Waals surface area contributed by atoms with Gasteiger partial charge in [0.15, 0.2) is 5.69 Å². The first kappa shape index (κ1) is 13.1. The Hall–Kier alpha value is -1.30. The zero-order chi connectivity index (χ0) is 13.0. The first-order valence-electron chi connectivity index (χ1n) is 6.27. The van der Waals surface area contributed by atoms with Crippen molar-refractivity contribution in [3.8, 4) is 0 Å². The molecule has 0 aromatic heterocycles. The highest BCUT2D eigenvalue weighted by atomic mass is 35.5. The minimum atomic E-state index is 0.608. The summed E-state index contributed by atoms with van der Waals surface area (Å²) in [6.07, 6.45) is 6.74. The first-order valence-corrected chi connectivity index (χ1v) is 6.65. The molecular weight excluding hydrogens is 244 g/mol. The van der Waals surface area contributed by atoms with Crippen LogP contribution in [0.25, 0.3) is 10.9 Å². The average Bonchev–Trinajstić information content (AvgIpc) is 2.38. The van der Waals surface area contributed by atoms with Crippen LogP contribution in [0.2, 0.25) is 5.02 Å². The fourth-order valence-electron chi connectivity index (χ4n) is 2.28. The molecule has 94 valence electrons. The molecule has 0 bridgehead atoms. The lowest BCUT2D eigenvalue weighted by Crippen LogP contribution is -2.26. The van der Waals surface area contributed by atoms with Crippen LogP contribution in [0.3, 0.4) is 0 Å². The average molecular weight is 261 g/mol. The maximum absolute atomic E-state index is 7.01. The van der Waals surface area contributed by atoms with Crippen LogP contribution in [0.5, 0.6) is 0 Å². The van der Waals surface area contributed by atoms with Gasteiger partial charge in [-0.2, -0.15) is 0 Å². The number of hydrogen-bond acceptors (Lipinski definition) is 1. The van der Waals surface area contributed by atoms with Crippen LogP contribution in [0.1, 0.15) is 24.0 Å². The fraction of sp³-hybridized carbons (Fsp3) is 0.400. The minimum Gasteiger partial charge on any atom is -0.317 e. The third-order valence-electron chi connectivity index (χ3n) is 3.37. The molecule has 1 fully saturated rings. The van der Waals surface area contributed by atoms with Gasteiger partial charge in [-0.3, -0.25) is 0 Å². The van der Waals surface area contributed by atoms with Crippen LogP contribution in [0.4, 0.5) is 5.69 Å². The predicted octanol–water partition coefficient (Wildman–Crippen LogP) is 4.21. The predicted molar refractivity (Wildman–Crippen MR) is 77.1 cm³/mol. The zero-order valence-corrected chi connectivity index (χ0v) is 11.3. The van der Waals surface area contributed by atoms with Crippen molar-refractivity contribution in [2.45, 2.75) is 19.8 Å². The van der Waals surface area contributed by atoms with E-state index in [0.717, 1.165) is 24.2 Å². The number of nitrogens with one attached hydrogen (secondary N) is 1.